The molecule has 0 radical (unpaired) electrons. The second kappa shape index (κ2) is 8.42. The van der Waals surface area contributed by atoms with Crippen molar-refractivity contribution >= 4 is 22.7 Å². The van der Waals surface area contributed by atoms with E-state index in [1.165, 1.54) is 0 Å². The van der Waals surface area contributed by atoms with Crippen LogP contribution in [0.3, 0.4) is 0 Å². The first-order chi connectivity index (χ1) is 7.33. The lowest BCUT2D eigenvalue weighted by molar-refractivity contribution is 0.414. The Kier molecular flexibility index (Phi) is 8.03. The fourth-order valence-electron chi connectivity index (χ4n) is 1.62. The number of anilines is 1. The first-order valence-electron chi connectivity index (χ1n) is 5.41. The molecule has 0 saturated carbocycles. The highest BCUT2D eigenvalue weighted by molar-refractivity contribution is 8.93. The average Bonchev–Trinajstić information content (AvgIpc) is 2.30. The van der Waals surface area contributed by atoms with E-state index in [9.17, 15) is 0 Å². The van der Waals surface area contributed by atoms with Crippen LogP contribution in [-0.4, -0.2) is 26.7 Å². The maximum Gasteiger partial charge on any atom is 0.142 e. The van der Waals surface area contributed by atoms with Crippen molar-refractivity contribution in [2.24, 2.45) is 5.73 Å². The van der Waals surface area contributed by atoms with Crippen LogP contribution in [0.2, 0.25) is 0 Å². The molecule has 0 bridgehead atoms. The highest BCUT2D eigenvalue weighted by atomic mass is 79.9. The molecule has 1 aromatic carbocycles. The molecule has 2 N–H and O–H groups in total. The Morgan fingerprint density at radius 1 is 1.31 bits per heavy atom. The molecule has 0 spiro atoms. The largest absolute Gasteiger partial charge is 0.495 e. The molecule has 0 aromatic heterocycles. The Bertz CT molecular complexity index is 294. The molecule has 0 atom stereocenters. The molecule has 0 amide bonds. The van der Waals surface area contributed by atoms with E-state index in [-0.39, 0.29) is 17.0 Å². The fraction of sp³-hybridized carbons (Fsp3) is 0.500. The van der Waals surface area contributed by atoms with E-state index >= 15 is 0 Å². The summed E-state index contributed by atoms with van der Waals surface area (Å²) in [5.74, 6) is 0.927. The van der Waals surface area contributed by atoms with Crippen molar-refractivity contribution in [1.29, 1.82) is 0 Å². The molecular weight excluding hydrogens is 268 g/mol. The number of hydrogen-bond donors (Lipinski definition) is 1. The van der Waals surface area contributed by atoms with Crippen LogP contribution in [0.5, 0.6) is 5.75 Å². The van der Waals surface area contributed by atoms with E-state index in [4.69, 9.17) is 10.5 Å². The zero-order chi connectivity index (χ0) is 11.1. The van der Waals surface area contributed by atoms with Gasteiger partial charge in [-0.1, -0.05) is 12.1 Å². The molecule has 0 unspecified atom stereocenters. The van der Waals surface area contributed by atoms with Crippen molar-refractivity contribution in [2.75, 3.05) is 31.6 Å². The smallest absolute Gasteiger partial charge is 0.142 e. The van der Waals surface area contributed by atoms with Gasteiger partial charge in [-0.15, -0.1) is 17.0 Å². The van der Waals surface area contributed by atoms with Crippen LogP contribution in [0.15, 0.2) is 24.3 Å². The van der Waals surface area contributed by atoms with Crippen LogP contribution >= 0.6 is 17.0 Å². The molecule has 1 aromatic rings. The minimum atomic E-state index is 0. The van der Waals surface area contributed by atoms with Gasteiger partial charge in [-0.2, -0.15) is 0 Å². The molecule has 1 rings (SSSR count). The quantitative estimate of drug-likeness (QED) is 0.874. The average molecular weight is 289 g/mol. The van der Waals surface area contributed by atoms with Crippen LogP contribution in [-0.2, 0) is 0 Å². The SMILES string of the molecule is Br.CCN(CCCN)c1ccccc1OC. The topological polar surface area (TPSA) is 38.5 Å². The number of nitrogens with two attached hydrogens (primary N) is 1. The Morgan fingerprint density at radius 2 is 2.00 bits per heavy atom. The van der Waals surface area contributed by atoms with Crippen LogP contribution in [0, 0.1) is 0 Å². The normalized spacial score (nSPS) is 9.44. The lowest BCUT2D eigenvalue weighted by atomic mass is 10.2. The second-order valence-corrected chi connectivity index (χ2v) is 3.39. The molecule has 0 aliphatic carbocycles. The summed E-state index contributed by atoms with van der Waals surface area (Å²) in [6, 6.07) is 8.08. The maximum absolute atomic E-state index is 5.52. The van der Waals surface area contributed by atoms with Gasteiger partial charge >= 0.3 is 0 Å². The van der Waals surface area contributed by atoms with Gasteiger partial charge in [0.05, 0.1) is 12.8 Å². The number of halogens is 1. The van der Waals surface area contributed by atoms with Gasteiger partial charge in [0, 0.05) is 13.1 Å². The number of methoxy groups -OCH3 is 1. The molecule has 3 nitrogen and oxygen atoms in total. The van der Waals surface area contributed by atoms with Crippen molar-refractivity contribution in [3.63, 3.8) is 0 Å². The van der Waals surface area contributed by atoms with Crippen molar-refractivity contribution < 1.29 is 4.74 Å². The van der Waals surface area contributed by atoms with E-state index < -0.39 is 0 Å². The van der Waals surface area contributed by atoms with Crippen molar-refractivity contribution in [3.05, 3.63) is 24.3 Å². The predicted molar refractivity (Wildman–Crippen MR) is 74.9 cm³/mol. The molecule has 0 saturated heterocycles. The summed E-state index contributed by atoms with van der Waals surface area (Å²) in [7, 11) is 1.70. The molecule has 0 aliphatic heterocycles. The number of rotatable bonds is 6. The fourth-order valence-corrected chi connectivity index (χ4v) is 1.62. The number of para-hydroxylation sites is 2. The monoisotopic (exact) mass is 288 g/mol. The van der Waals surface area contributed by atoms with Crippen molar-refractivity contribution in [2.45, 2.75) is 13.3 Å². The van der Waals surface area contributed by atoms with Gasteiger partial charge in [0.25, 0.3) is 0 Å². The first kappa shape index (κ1) is 15.3. The number of nitrogens with zero attached hydrogens (tertiary/aromatic N) is 1. The second-order valence-electron chi connectivity index (χ2n) is 3.39. The molecule has 4 heteroatoms. The van der Waals surface area contributed by atoms with E-state index in [0.717, 1.165) is 37.5 Å². The third-order valence-electron chi connectivity index (χ3n) is 2.44. The molecule has 0 aliphatic rings. The first-order valence-corrected chi connectivity index (χ1v) is 5.41. The summed E-state index contributed by atoms with van der Waals surface area (Å²) in [4.78, 5) is 2.28. The van der Waals surface area contributed by atoms with Gasteiger partial charge in [0.2, 0.25) is 0 Å². The summed E-state index contributed by atoms with van der Waals surface area (Å²) >= 11 is 0. The Balaban J connectivity index is 0.00000225. The van der Waals surface area contributed by atoms with Gasteiger partial charge in [-0.3, -0.25) is 0 Å². The van der Waals surface area contributed by atoms with Gasteiger partial charge in [-0.05, 0) is 32.0 Å². The molecule has 92 valence electrons. The van der Waals surface area contributed by atoms with Crippen LogP contribution in [0.25, 0.3) is 0 Å². The van der Waals surface area contributed by atoms with Gasteiger partial charge in [0.1, 0.15) is 5.75 Å². The Morgan fingerprint density at radius 3 is 2.56 bits per heavy atom. The van der Waals surface area contributed by atoms with E-state index in [2.05, 4.69) is 17.9 Å². The van der Waals surface area contributed by atoms with Crippen molar-refractivity contribution in [1.82, 2.24) is 0 Å². The standard InChI is InChI=1S/C12H20N2O.BrH/c1-3-14(10-6-9-13)11-7-4-5-8-12(11)15-2;/h4-5,7-8H,3,6,9-10,13H2,1-2H3;1H. The molecular formula is C12H21BrN2O. The molecule has 16 heavy (non-hydrogen) atoms. The summed E-state index contributed by atoms with van der Waals surface area (Å²) < 4.78 is 5.34. The zero-order valence-corrected chi connectivity index (χ0v) is 11.7. The zero-order valence-electron chi connectivity index (χ0n) is 9.98. The van der Waals surface area contributed by atoms with E-state index in [0.29, 0.717) is 0 Å². The number of benzene rings is 1. The van der Waals surface area contributed by atoms with Crippen LogP contribution < -0.4 is 15.4 Å². The van der Waals surface area contributed by atoms with E-state index in [1.54, 1.807) is 7.11 Å². The number of hydrogen-bond acceptors (Lipinski definition) is 3. The molecule has 0 fully saturated rings. The molecule has 0 heterocycles. The van der Waals surface area contributed by atoms with Crippen molar-refractivity contribution in [3.8, 4) is 5.75 Å². The van der Waals surface area contributed by atoms with Gasteiger partial charge < -0.3 is 15.4 Å². The lowest BCUT2D eigenvalue weighted by Crippen LogP contribution is -2.26. The maximum atomic E-state index is 5.52. The Labute approximate surface area is 108 Å². The summed E-state index contributed by atoms with van der Waals surface area (Å²) in [5.41, 5.74) is 6.67. The summed E-state index contributed by atoms with van der Waals surface area (Å²) in [6.07, 6.45) is 1.01. The lowest BCUT2D eigenvalue weighted by Gasteiger charge is -2.24. The van der Waals surface area contributed by atoms with Crippen LogP contribution in [0.1, 0.15) is 13.3 Å². The van der Waals surface area contributed by atoms with E-state index in [1.807, 2.05) is 18.2 Å². The summed E-state index contributed by atoms with van der Waals surface area (Å²) in [6.45, 7) is 4.82. The third kappa shape index (κ3) is 4.02. The highest BCUT2D eigenvalue weighted by Crippen LogP contribution is 2.27. The highest BCUT2D eigenvalue weighted by Gasteiger charge is 2.08. The summed E-state index contributed by atoms with van der Waals surface area (Å²) in [5, 5.41) is 0. The van der Waals surface area contributed by atoms with Gasteiger partial charge in [-0.25, -0.2) is 0 Å². The number of ether oxygens (including phenoxy) is 1. The van der Waals surface area contributed by atoms with Crippen LogP contribution in [0.4, 0.5) is 5.69 Å². The minimum absolute atomic E-state index is 0. The third-order valence-corrected chi connectivity index (χ3v) is 2.44. The predicted octanol–water partition coefficient (Wildman–Crippen LogP) is 2.45. The minimum Gasteiger partial charge on any atom is -0.495 e. The van der Waals surface area contributed by atoms with Gasteiger partial charge in [0.15, 0.2) is 0 Å². The Hall–Kier alpha value is -0.740.